The van der Waals surface area contributed by atoms with Gasteiger partial charge in [-0.15, -0.1) is 0 Å². The lowest BCUT2D eigenvalue weighted by atomic mass is 9.89. The van der Waals surface area contributed by atoms with Crippen molar-refractivity contribution < 1.29 is 9.53 Å². The van der Waals surface area contributed by atoms with Gasteiger partial charge in [-0.1, -0.05) is 60.7 Å². The largest absolute Gasteiger partial charge is 0.368 e. The van der Waals surface area contributed by atoms with Gasteiger partial charge in [-0.25, -0.2) is 0 Å². The molecule has 0 aliphatic carbocycles. The summed E-state index contributed by atoms with van der Waals surface area (Å²) in [6, 6.07) is 17.6. The molecule has 0 N–H and O–H groups in total. The fourth-order valence-corrected chi connectivity index (χ4v) is 2.81. The zero-order valence-corrected chi connectivity index (χ0v) is 12.1. The number of ether oxygens (including phenoxy) is 1. The fraction of sp³-hybridized carbons (Fsp3) is 0.211. The van der Waals surface area contributed by atoms with Crippen LogP contribution in [0.1, 0.15) is 34.5 Å². The van der Waals surface area contributed by atoms with Gasteiger partial charge in [-0.05, 0) is 24.5 Å². The molecule has 0 fully saturated rings. The molecule has 0 amide bonds. The monoisotopic (exact) mass is 278 g/mol. The van der Waals surface area contributed by atoms with E-state index < -0.39 is 0 Å². The van der Waals surface area contributed by atoms with E-state index in [1.165, 1.54) is 5.56 Å². The number of Topliss-reactive ketones (excluding diaryl/α,β-unsaturated/α-hetero) is 1. The average Bonchev–Trinajstić information content (AvgIpc) is 2.56. The summed E-state index contributed by atoms with van der Waals surface area (Å²) >= 11 is 0. The van der Waals surface area contributed by atoms with E-state index in [0.717, 1.165) is 12.0 Å². The molecule has 1 atom stereocenters. The van der Waals surface area contributed by atoms with E-state index in [0.29, 0.717) is 17.7 Å². The molecule has 0 aromatic heterocycles. The summed E-state index contributed by atoms with van der Waals surface area (Å²) < 4.78 is 5.91. The highest BCUT2D eigenvalue weighted by Crippen LogP contribution is 2.34. The third-order valence-electron chi connectivity index (χ3n) is 3.89. The van der Waals surface area contributed by atoms with Crippen molar-refractivity contribution in [2.45, 2.75) is 19.4 Å². The molecule has 3 rings (SSSR count). The number of carbonyl (C=O) groups is 1. The molecule has 0 saturated carbocycles. The molecule has 1 aliphatic heterocycles. The molecule has 106 valence electrons. The van der Waals surface area contributed by atoms with Crippen LogP contribution in [-0.2, 0) is 11.2 Å². The number of fused-ring (bicyclic) bond motifs is 1. The maximum atomic E-state index is 12.7. The van der Waals surface area contributed by atoms with Crippen LogP contribution < -0.4 is 0 Å². The SMILES string of the molecule is C/C=C(\C(=O)c1ccccc1)C1OCCc2ccccc21. The van der Waals surface area contributed by atoms with Crippen LogP contribution in [0.3, 0.4) is 0 Å². The number of hydrogen-bond donors (Lipinski definition) is 0. The maximum Gasteiger partial charge on any atom is 0.191 e. The van der Waals surface area contributed by atoms with Gasteiger partial charge >= 0.3 is 0 Å². The zero-order chi connectivity index (χ0) is 14.7. The van der Waals surface area contributed by atoms with Crippen molar-refractivity contribution in [2.24, 2.45) is 0 Å². The summed E-state index contributed by atoms with van der Waals surface area (Å²) in [5.41, 5.74) is 3.81. The normalized spacial score (nSPS) is 18.1. The van der Waals surface area contributed by atoms with Crippen LogP contribution in [0.4, 0.5) is 0 Å². The fourth-order valence-electron chi connectivity index (χ4n) is 2.81. The van der Waals surface area contributed by atoms with Crippen LogP contribution >= 0.6 is 0 Å². The van der Waals surface area contributed by atoms with Crippen LogP contribution in [0.25, 0.3) is 0 Å². The Morgan fingerprint density at radius 3 is 2.57 bits per heavy atom. The van der Waals surface area contributed by atoms with Gasteiger partial charge in [-0.3, -0.25) is 4.79 Å². The van der Waals surface area contributed by atoms with Crippen molar-refractivity contribution in [3.05, 3.63) is 82.9 Å². The van der Waals surface area contributed by atoms with Crippen molar-refractivity contribution >= 4 is 5.78 Å². The number of rotatable bonds is 3. The minimum Gasteiger partial charge on any atom is -0.368 e. The molecule has 0 radical (unpaired) electrons. The molecule has 2 nitrogen and oxygen atoms in total. The molecule has 0 saturated heterocycles. The van der Waals surface area contributed by atoms with E-state index in [1.807, 2.05) is 55.5 Å². The van der Waals surface area contributed by atoms with Gasteiger partial charge in [0.25, 0.3) is 0 Å². The van der Waals surface area contributed by atoms with Crippen LogP contribution in [-0.4, -0.2) is 12.4 Å². The number of hydrogen-bond acceptors (Lipinski definition) is 2. The van der Waals surface area contributed by atoms with Gasteiger partial charge in [0, 0.05) is 11.1 Å². The maximum absolute atomic E-state index is 12.7. The molecule has 21 heavy (non-hydrogen) atoms. The molecule has 1 aliphatic rings. The molecule has 1 heterocycles. The van der Waals surface area contributed by atoms with Gasteiger partial charge in [0.2, 0.25) is 0 Å². The topological polar surface area (TPSA) is 26.3 Å². The summed E-state index contributed by atoms with van der Waals surface area (Å²) in [5, 5.41) is 0. The van der Waals surface area contributed by atoms with Crippen molar-refractivity contribution in [2.75, 3.05) is 6.61 Å². The van der Waals surface area contributed by atoms with Crippen LogP contribution in [0.5, 0.6) is 0 Å². The minimum absolute atomic E-state index is 0.0415. The van der Waals surface area contributed by atoms with Crippen molar-refractivity contribution in [1.29, 1.82) is 0 Å². The molecule has 0 spiro atoms. The summed E-state index contributed by atoms with van der Waals surface area (Å²) in [4.78, 5) is 12.7. The minimum atomic E-state index is -0.257. The highest BCUT2D eigenvalue weighted by Gasteiger charge is 2.28. The first-order chi connectivity index (χ1) is 10.3. The Kier molecular flexibility index (Phi) is 3.98. The number of allylic oxidation sites excluding steroid dienone is 1. The van der Waals surface area contributed by atoms with Crippen molar-refractivity contribution in [1.82, 2.24) is 0 Å². The van der Waals surface area contributed by atoms with Gasteiger partial charge in [0.05, 0.1) is 6.61 Å². The highest BCUT2D eigenvalue weighted by molar-refractivity contribution is 6.09. The first kappa shape index (κ1) is 13.8. The Morgan fingerprint density at radius 2 is 1.81 bits per heavy atom. The Labute approximate surface area is 125 Å². The number of benzene rings is 2. The van der Waals surface area contributed by atoms with E-state index in [1.54, 1.807) is 0 Å². The van der Waals surface area contributed by atoms with Crippen LogP contribution in [0.2, 0.25) is 0 Å². The van der Waals surface area contributed by atoms with Crippen LogP contribution in [0.15, 0.2) is 66.2 Å². The molecule has 0 bridgehead atoms. The summed E-state index contributed by atoms with van der Waals surface area (Å²) in [5.74, 6) is 0.0415. The second-order valence-corrected chi connectivity index (χ2v) is 5.14. The Morgan fingerprint density at radius 1 is 1.10 bits per heavy atom. The Hall–Kier alpha value is -2.19. The van der Waals surface area contributed by atoms with Gasteiger partial charge in [0.1, 0.15) is 6.10 Å². The van der Waals surface area contributed by atoms with Crippen LogP contribution in [0, 0.1) is 0 Å². The Bertz CT molecular complexity index is 671. The van der Waals surface area contributed by atoms with Gasteiger partial charge in [-0.2, -0.15) is 0 Å². The van der Waals surface area contributed by atoms with E-state index >= 15 is 0 Å². The molecule has 2 heteroatoms. The molecular formula is C19H18O2. The molecule has 2 aromatic carbocycles. The highest BCUT2D eigenvalue weighted by atomic mass is 16.5. The van der Waals surface area contributed by atoms with E-state index in [2.05, 4.69) is 12.1 Å². The average molecular weight is 278 g/mol. The standard InChI is InChI=1S/C19H18O2/c1-2-16(18(20)15-9-4-3-5-10-15)19-17-11-7-6-8-14(17)12-13-21-19/h2-11,19H,12-13H2,1H3/b16-2+. The third-order valence-corrected chi connectivity index (χ3v) is 3.89. The second-order valence-electron chi connectivity index (χ2n) is 5.14. The summed E-state index contributed by atoms with van der Waals surface area (Å²) in [6.07, 6.45) is 2.53. The van der Waals surface area contributed by atoms with Gasteiger partial charge < -0.3 is 4.74 Å². The lowest BCUT2D eigenvalue weighted by Gasteiger charge is -2.27. The molecule has 2 aromatic rings. The van der Waals surface area contributed by atoms with Crippen molar-refractivity contribution in [3.8, 4) is 0 Å². The van der Waals surface area contributed by atoms with Gasteiger partial charge in [0.15, 0.2) is 5.78 Å². The smallest absolute Gasteiger partial charge is 0.191 e. The van der Waals surface area contributed by atoms with Crippen molar-refractivity contribution in [3.63, 3.8) is 0 Å². The molecule has 1 unspecified atom stereocenters. The second kappa shape index (κ2) is 6.06. The van der Waals surface area contributed by atoms with E-state index in [9.17, 15) is 4.79 Å². The quantitative estimate of drug-likeness (QED) is 0.623. The lowest BCUT2D eigenvalue weighted by molar-refractivity contribution is 0.0611. The third kappa shape index (κ3) is 2.67. The van der Waals surface area contributed by atoms with E-state index in [-0.39, 0.29) is 11.9 Å². The van der Waals surface area contributed by atoms with E-state index in [4.69, 9.17) is 4.74 Å². The zero-order valence-electron chi connectivity index (χ0n) is 12.1. The molecular weight excluding hydrogens is 260 g/mol. The summed E-state index contributed by atoms with van der Waals surface area (Å²) in [6.45, 7) is 2.55. The predicted molar refractivity (Wildman–Crippen MR) is 83.4 cm³/mol. The predicted octanol–water partition coefficient (Wildman–Crippen LogP) is 4.13. The number of ketones is 1. The first-order valence-electron chi connectivity index (χ1n) is 7.26. The number of carbonyl (C=O) groups excluding carboxylic acids is 1. The summed E-state index contributed by atoms with van der Waals surface area (Å²) in [7, 11) is 0. The first-order valence-corrected chi connectivity index (χ1v) is 7.26. The Balaban J connectivity index is 1.97. The lowest BCUT2D eigenvalue weighted by Crippen LogP contribution is -2.21.